The largest absolute Gasteiger partial charge is 0.481 e. The smallest absolute Gasteiger partial charge is 0.323 e. The van der Waals surface area contributed by atoms with E-state index in [0.717, 1.165) is 22.3 Å². The number of quaternary nitrogens is 1. The number of carbonyl (C=O) groups is 3. The van der Waals surface area contributed by atoms with Crippen LogP contribution in [0.1, 0.15) is 49.2 Å². The van der Waals surface area contributed by atoms with Crippen LogP contribution >= 0.6 is 23.7 Å². The molecule has 12 N–H and O–H groups in total. The first kappa shape index (κ1) is 50.3. The molecule has 0 saturated heterocycles. The zero-order valence-corrected chi connectivity index (χ0v) is 31.3. The molecule has 284 valence electrons. The molecule has 2 aromatic rings. The van der Waals surface area contributed by atoms with Gasteiger partial charge in [0.15, 0.2) is 12.2 Å². The van der Waals surface area contributed by atoms with E-state index in [1.54, 1.807) is 17.5 Å². The Labute approximate surface area is 298 Å². The lowest BCUT2D eigenvalue weighted by molar-refractivity contribution is -0.870. The first-order chi connectivity index (χ1) is 22.0. The fraction of sp³-hybridized carbons (Fsp3) is 0.667. The summed E-state index contributed by atoms with van der Waals surface area (Å²) in [7, 11) is 6.16. The SMILES string of the molecule is CC(C)(CO)[C@@H](O)C(=O)NCCC(=O)O.C[C@@H](O)[C@H](N)C(=O)O.C[N+](C)(C)CCO.Cc1ncc(C[n+]2csc(CCO)c2C)c(N)n1.Cl. The molecule has 0 fully saturated rings. The number of likely N-dealkylation sites (N-methyl/N-ethyl adjacent to an activating group) is 1. The van der Waals surface area contributed by atoms with Gasteiger partial charge in [0, 0.05) is 38.1 Å². The van der Waals surface area contributed by atoms with Crippen LogP contribution in [0.2, 0.25) is 0 Å². The van der Waals surface area contributed by atoms with Crippen molar-refractivity contribution in [3.05, 3.63) is 33.7 Å². The Kier molecular flexibility index (Phi) is 25.6. The lowest BCUT2D eigenvalue weighted by Gasteiger charge is -2.26. The Balaban J connectivity index is -0.000000616. The van der Waals surface area contributed by atoms with Gasteiger partial charge in [0.05, 0.1) is 57.3 Å². The quantitative estimate of drug-likeness (QED) is 0.0775. The Morgan fingerprint density at radius 3 is 2.02 bits per heavy atom. The molecule has 0 saturated carbocycles. The van der Waals surface area contributed by atoms with E-state index >= 15 is 0 Å². The lowest BCUT2D eigenvalue weighted by Crippen LogP contribution is -2.45. The number of nitrogen functional groups attached to an aromatic ring is 1. The minimum Gasteiger partial charge on any atom is -0.481 e. The van der Waals surface area contributed by atoms with Crippen molar-refractivity contribution < 1.29 is 59.2 Å². The number of thiazole rings is 1. The van der Waals surface area contributed by atoms with Gasteiger partial charge in [-0.15, -0.1) is 12.4 Å². The van der Waals surface area contributed by atoms with Gasteiger partial charge in [0.2, 0.25) is 11.4 Å². The van der Waals surface area contributed by atoms with Crippen molar-refractivity contribution in [3.8, 4) is 0 Å². The van der Waals surface area contributed by atoms with E-state index in [9.17, 15) is 19.5 Å². The number of rotatable bonds is 14. The molecule has 19 heteroatoms. The topological polar surface area (TPSA) is 287 Å². The van der Waals surface area contributed by atoms with Gasteiger partial charge in [0.25, 0.3) is 0 Å². The minimum atomic E-state index is -1.35. The fourth-order valence-electron chi connectivity index (χ4n) is 3.10. The molecule has 1 amide bonds. The summed E-state index contributed by atoms with van der Waals surface area (Å²) in [5.74, 6) is -1.66. The maximum absolute atomic E-state index is 11.3. The van der Waals surface area contributed by atoms with Gasteiger partial charge in [0.1, 0.15) is 30.3 Å². The molecule has 0 aliphatic heterocycles. The van der Waals surface area contributed by atoms with Gasteiger partial charge in [-0.05, 0) is 13.8 Å². The number of hydrogen-bond acceptors (Lipinski definition) is 13. The second kappa shape index (κ2) is 25.0. The zero-order chi connectivity index (χ0) is 37.8. The van der Waals surface area contributed by atoms with E-state index < -0.39 is 41.5 Å². The number of carbonyl (C=O) groups excluding carboxylic acids is 1. The highest BCUT2D eigenvalue weighted by Gasteiger charge is 2.32. The maximum Gasteiger partial charge on any atom is 0.323 e. The predicted octanol–water partition coefficient (Wildman–Crippen LogP) is -1.55. The highest BCUT2D eigenvalue weighted by Crippen LogP contribution is 2.19. The zero-order valence-electron chi connectivity index (χ0n) is 29.7. The predicted molar refractivity (Wildman–Crippen MR) is 187 cm³/mol. The summed E-state index contributed by atoms with van der Waals surface area (Å²) in [5.41, 5.74) is 14.0. The molecular weight excluding hydrogens is 686 g/mol. The highest BCUT2D eigenvalue weighted by atomic mass is 35.5. The van der Waals surface area contributed by atoms with Crippen LogP contribution in [0, 0.1) is 19.3 Å². The van der Waals surface area contributed by atoms with Gasteiger partial charge >= 0.3 is 11.9 Å². The first-order valence-corrected chi connectivity index (χ1v) is 15.9. The number of carboxylic acids is 2. The monoisotopic (exact) mass is 743 g/mol. The molecule has 17 nitrogen and oxygen atoms in total. The molecule has 2 aromatic heterocycles. The molecule has 0 aliphatic carbocycles. The molecule has 0 unspecified atom stereocenters. The molecule has 3 atom stereocenters. The van der Waals surface area contributed by atoms with Crippen LogP contribution in [-0.2, 0) is 27.3 Å². The van der Waals surface area contributed by atoms with Gasteiger partial charge in [-0.3, -0.25) is 14.4 Å². The second-order valence-electron chi connectivity index (χ2n) is 12.5. The third-order valence-electron chi connectivity index (χ3n) is 6.46. The number of nitrogens with two attached hydrogens (primary N) is 2. The van der Waals surface area contributed by atoms with Crippen molar-refractivity contribution in [2.45, 2.75) is 72.3 Å². The Morgan fingerprint density at radius 1 is 1.08 bits per heavy atom. The number of nitrogens with zero attached hydrogens (tertiary/aromatic N) is 4. The van der Waals surface area contributed by atoms with E-state index in [1.165, 1.54) is 25.6 Å². The third-order valence-corrected chi connectivity index (χ3v) is 7.61. The number of amides is 1. The molecule has 2 rings (SSSR count). The minimum absolute atomic E-state index is 0. The maximum atomic E-state index is 11.3. The molecule has 0 radical (unpaired) electrons. The van der Waals surface area contributed by atoms with Crippen molar-refractivity contribution in [2.24, 2.45) is 11.1 Å². The number of carboxylic acid groups (broad SMARTS) is 2. The Bertz CT molecular complexity index is 1260. The summed E-state index contributed by atoms with van der Waals surface area (Å²) in [6.45, 7) is 9.87. The summed E-state index contributed by atoms with van der Waals surface area (Å²) in [6, 6.07) is -1.16. The van der Waals surface area contributed by atoms with E-state index in [2.05, 4.69) is 41.0 Å². The van der Waals surface area contributed by atoms with E-state index in [-0.39, 0.29) is 45.2 Å². The number of halogens is 1. The molecule has 2 heterocycles. The third kappa shape index (κ3) is 22.3. The fourth-order valence-corrected chi connectivity index (χ4v) is 4.09. The van der Waals surface area contributed by atoms with Gasteiger partial charge < -0.3 is 57.0 Å². The highest BCUT2D eigenvalue weighted by molar-refractivity contribution is 7.09. The molecule has 0 bridgehead atoms. The Hall–Kier alpha value is -3.07. The molecular formula is C30H58ClN7O10S+2. The summed E-state index contributed by atoms with van der Waals surface area (Å²) in [4.78, 5) is 40.8. The number of aliphatic hydroxyl groups is 5. The van der Waals surface area contributed by atoms with Crippen molar-refractivity contribution in [3.63, 3.8) is 0 Å². The van der Waals surface area contributed by atoms with Crippen LogP contribution in [0.3, 0.4) is 0 Å². The van der Waals surface area contributed by atoms with Crippen molar-refractivity contribution in [1.29, 1.82) is 0 Å². The standard InChI is InChI=1S/C12H17N4OS.C9H17NO5.C5H14NO.C4H9NO3.ClH/c1-8-11(3-4-17)18-7-16(8)6-10-5-14-9(2)15-12(10)13;1-9(2,5-11)7(14)8(15)10-4-3-6(12)13;1-6(2,3)4-5-7;1-2(6)3(5)4(7)8;/h5,7,17H,3-4,6H2,1-2H3,(H2,13,14,15);7,11,14H,3-5H2,1-2H3,(H,10,15)(H,12,13);7H,4-5H2,1-3H3;2-3,6H,5H2,1H3,(H,7,8);1H/q+1;;+1;;/t;7-;;2-,3+;/m.0.1./s1. The van der Waals surface area contributed by atoms with Crippen LogP contribution in [0.15, 0.2) is 11.7 Å². The number of aryl methyl sites for hydroxylation is 1. The molecule has 0 aromatic carbocycles. The van der Waals surface area contributed by atoms with Crippen LogP contribution in [0.4, 0.5) is 5.82 Å². The summed E-state index contributed by atoms with van der Waals surface area (Å²) >= 11 is 1.65. The normalized spacial score (nSPS) is 12.6. The number of aromatic nitrogens is 3. The lowest BCUT2D eigenvalue weighted by atomic mass is 9.87. The van der Waals surface area contributed by atoms with Crippen molar-refractivity contribution >= 4 is 47.4 Å². The first-order valence-electron chi connectivity index (χ1n) is 15.1. The number of aliphatic carboxylic acids is 2. The average Bonchev–Trinajstić information content (AvgIpc) is 3.32. The molecule has 0 spiro atoms. The van der Waals surface area contributed by atoms with Crippen molar-refractivity contribution in [2.75, 3.05) is 59.8 Å². The van der Waals surface area contributed by atoms with Crippen LogP contribution in [0.25, 0.3) is 0 Å². The number of aliphatic hydroxyl groups excluding tert-OH is 5. The van der Waals surface area contributed by atoms with Crippen LogP contribution in [0.5, 0.6) is 0 Å². The van der Waals surface area contributed by atoms with Crippen LogP contribution in [-0.4, -0.2) is 140 Å². The van der Waals surface area contributed by atoms with E-state index in [4.69, 9.17) is 42.1 Å². The van der Waals surface area contributed by atoms with E-state index in [0.29, 0.717) is 24.6 Å². The van der Waals surface area contributed by atoms with Gasteiger partial charge in [-0.2, -0.15) is 4.57 Å². The van der Waals surface area contributed by atoms with Crippen LogP contribution < -0.4 is 21.4 Å². The molecule has 49 heavy (non-hydrogen) atoms. The van der Waals surface area contributed by atoms with Crippen molar-refractivity contribution in [1.82, 2.24) is 15.3 Å². The summed E-state index contributed by atoms with van der Waals surface area (Å²) in [6.07, 6.45) is -0.0571. The second-order valence-corrected chi connectivity index (χ2v) is 13.4. The number of nitrogens with one attached hydrogen (secondary N) is 1. The van der Waals surface area contributed by atoms with Gasteiger partial charge in [-0.1, -0.05) is 25.2 Å². The average molecular weight is 744 g/mol. The number of anilines is 1. The number of hydrogen-bond donors (Lipinski definition) is 10. The summed E-state index contributed by atoms with van der Waals surface area (Å²) in [5, 5.41) is 62.9. The van der Waals surface area contributed by atoms with E-state index in [1.807, 2.05) is 19.4 Å². The van der Waals surface area contributed by atoms with Gasteiger partial charge in [-0.25, -0.2) is 9.97 Å². The Morgan fingerprint density at radius 2 is 1.65 bits per heavy atom. The summed E-state index contributed by atoms with van der Waals surface area (Å²) < 4.78 is 2.95. The molecule has 0 aliphatic rings.